The standard InChI is InChI=1S/C20H16N6O/c1-13-4-5-14(20(27)24-15-6-7-15)10-16(13)26-12-23-17-18(21-11-22-19(17)26)25-8-2-3-9-25/h4-5,8-12,15H,6-7H2,1H3,(H,24,27). The van der Waals surface area contributed by atoms with Crippen molar-refractivity contribution in [1.82, 2.24) is 24.8 Å². The minimum atomic E-state index is -0.0445. The summed E-state index contributed by atoms with van der Waals surface area (Å²) in [6.45, 7) is 2.00. The lowest BCUT2D eigenvalue weighted by atomic mass is 10.1. The summed E-state index contributed by atoms with van der Waals surface area (Å²) in [5.41, 5.74) is 9.64. The van der Waals surface area contributed by atoms with Crippen molar-refractivity contribution < 1.29 is 4.79 Å². The van der Waals surface area contributed by atoms with E-state index in [4.69, 9.17) is 0 Å². The third-order valence-electron chi connectivity index (χ3n) is 4.69. The average molecular weight is 356 g/mol. The highest BCUT2D eigenvalue weighted by atomic mass is 16.1. The van der Waals surface area contributed by atoms with Crippen LogP contribution in [0.1, 0.15) is 28.8 Å². The molecule has 0 spiro atoms. The summed E-state index contributed by atoms with van der Waals surface area (Å²) in [6.07, 6.45) is 8.83. The molecule has 1 aromatic carbocycles. The van der Waals surface area contributed by atoms with E-state index in [0.29, 0.717) is 28.6 Å². The molecule has 2 aromatic heterocycles. The second-order valence-electron chi connectivity index (χ2n) is 6.69. The highest BCUT2D eigenvalue weighted by Gasteiger charge is 2.24. The fourth-order valence-electron chi connectivity index (χ4n) is 3.07. The number of benzene rings is 1. The summed E-state index contributed by atoms with van der Waals surface area (Å²) in [4.78, 5) is 27.5. The van der Waals surface area contributed by atoms with Gasteiger partial charge >= 0.3 is 0 Å². The molecule has 3 heterocycles. The van der Waals surface area contributed by atoms with Crippen LogP contribution in [0, 0.1) is 6.92 Å². The van der Waals surface area contributed by atoms with Crippen LogP contribution in [0.2, 0.25) is 0 Å². The van der Waals surface area contributed by atoms with Crippen LogP contribution in [0.25, 0.3) is 16.9 Å². The summed E-state index contributed by atoms with van der Waals surface area (Å²) in [5.74, 6) is 0.619. The maximum atomic E-state index is 12.4. The molecule has 1 aliphatic heterocycles. The number of nitrogens with one attached hydrogen (secondary N) is 1. The number of carbonyl (C=O) groups excluding carboxylic acids is 1. The molecule has 27 heavy (non-hydrogen) atoms. The first-order valence-electron chi connectivity index (χ1n) is 8.77. The zero-order valence-electron chi connectivity index (χ0n) is 14.7. The van der Waals surface area contributed by atoms with E-state index >= 15 is 0 Å². The molecule has 1 amide bonds. The normalized spacial score (nSPS) is 15.1. The molecule has 7 heteroatoms. The third kappa shape index (κ3) is 2.72. The van der Waals surface area contributed by atoms with Crippen molar-refractivity contribution in [2.24, 2.45) is 0 Å². The van der Waals surface area contributed by atoms with Gasteiger partial charge in [-0.25, -0.2) is 15.0 Å². The minimum absolute atomic E-state index is 0.0445. The van der Waals surface area contributed by atoms with Gasteiger partial charge in [-0.3, -0.25) is 14.3 Å². The van der Waals surface area contributed by atoms with Gasteiger partial charge in [-0.05, 0) is 37.5 Å². The Labute approximate surface area is 155 Å². The van der Waals surface area contributed by atoms with Gasteiger partial charge in [-0.15, -0.1) is 0 Å². The first-order valence-corrected chi connectivity index (χ1v) is 8.77. The Morgan fingerprint density at radius 3 is 2.78 bits per heavy atom. The van der Waals surface area contributed by atoms with Crippen LogP contribution < -0.4 is 10.2 Å². The molecule has 3 aromatic rings. The number of aromatic nitrogens is 4. The number of hydrogen-bond donors (Lipinski definition) is 1. The van der Waals surface area contributed by atoms with Gasteiger partial charge < -0.3 is 5.32 Å². The molecule has 0 radical (unpaired) electrons. The van der Waals surface area contributed by atoms with Crippen LogP contribution in [0.3, 0.4) is 0 Å². The molecule has 7 nitrogen and oxygen atoms in total. The number of rotatable bonds is 4. The van der Waals surface area contributed by atoms with Crippen LogP contribution in [0.5, 0.6) is 0 Å². The number of fused-ring (bicyclic) bond motifs is 1. The van der Waals surface area contributed by atoms with E-state index in [1.807, 2.05) is 29.7 Å². The van der Waals surface area contributed by atoms with Crippen molar-refractivity contribution in [2.45, 2.75) is 25.8 Å². The maximum absolute atomic E-state index is 12.4. The summed E-state index contributed by atoms with van der Waals surface area (Å²) in [5, 5.41) is 3.03. The Morgan fingerprint density at radius 2 is 2.00 bits per heavy atom. The molecule has 2 aliphatic rings. The van der Waals surface area contributed by atoms with Gasteiger partial charge in [-0.2, -0.15) is 0 Å². The highest BCUT2D eigenvalue weighted by molar-refractivity contribution is 5.95. The van der Waals surface area contributed by atoms with E-state index < -0.39 is 0 Å². The number of nitrogens with zero attached hydrogens (tertiary/aromatic N) is 5. The first kappa shape index (κ1) is 15.6. The minimum Gasteiger partial charge on any atom is -0.349 e. The van der Waals surface area contributed by atoms with Crippen LogP contribution in [-0.4, -0.2) is 31.5 Å². The van der Waals surface area contributed by atoms with E-state index in [1.165, 1.54) is 6.33 Å². The van der Waals surface area contributed by atoms with Crippen molar-refractivity contribution in [3.05, 3.63) is 65.8 Å². The second kappa shape index (κ2) is 5.95. The molecular weight excluding hydrogens is 340 g/mol. The SMILES string of the molecule is Cc1ccc(C(=O)NC2CC2)cc1-n1cnc2c(N3C=C=C=C3)ncnc21. The number of carbonyl (C=O) groups is 1. The van der Waals surface area contributed by atoms with Crippen molar-refractivity contribution >= 4 is 22.9 Å². The van der Waals surface area contributed by atoms with Gasteiger partial charge in [-0.1, -0.05) is 17.5 Å². The Hall–Kier alpha value is -3.66. The molecule has 132 valence electrons. The van der Waals surface area contributed by atoms with Gasteiger partial charge in [0.25, 0.3) is 5.91 Å². The lowest BCUT2D eigenvalue weighted by molar-refractivity contribution is 0.0951. The lowest BCUT2D eigenvalue weighted by Gasteiger charge is -2.12. The van der Waals surface area contributed by atoms with Gasteiger partial charge in [0, 0.05) is 11.6 Å². The number of imidazole rings is 1. The van der Waals surface area contributed by atoms with E-state index in [0.717, 1.165) is 24.1 Å². The van der Waals surface area contributed by atoms with Crippen LogP contribution >= 0.6 is 0 Å². The second-order valence-corrected chi connectivity index (χ2v) is 6.69. The molecule has 0 bridgehead atoms. The Bertz CT molecular complexity index is 1160. The Kier molecular flexibility index (Phi) is 3.44. The van der Waals surface area contributed by atoms with Crippen LogP contribution in [0.4, 0.5) is 5.82 Å². The van der Waals surface area contributed by atoms with Gasteiger partial charge in [0.1, 0.15) is 12.7 Å². The van der Waals surface area contributed by atoms with E-state index in [2.05, 4.69) is 31.7 Å². The largest absolute Gasteiger partial charge is 0.349 e. The molecular formula is C20H16N6O. The quantitative estimate of drug-likeness (QED) is 0.727. The molecule has 0 saturated heterocycles. The zero-order chi connectivity index (χ0) is 18.4. The molecule has 0 unspecified atom stereocenters. The predicted octanol–water partition coefficient (Wildman–Crippen LogP) is 2.62. The van der Waals surface area contributed by atoms with E-state index in [1.54, 1.807) is 23.6 Å². The smallest absolute Gasteiger partial charge is 0.251 e. The number of aryl methyl sites for hydroxylation is 1. The molecule has 1 N–H and O–H groups in total. The molecule has 1 aliphatic carbocycles. The highest BCUT2D eigenvalue weighted by Crippen LogP contribution is 2.27. The third-order valence-corrected chi connectivity index (χ3v) is 4.69. The van der Waals surface area contributed by atoms with E-state index in [9.17, 15) is 4.79 Å². The zero-order valence-corrected chi connectivity index (χ0v) is 14.7. The van der Waals surface area contributed by atoms with E-state index in [-0.39, 0.29) is 5.91 Å². The fraction of sp³-hybridized carbons (Fsp3) is 0.200. The average Bonchev–Trinajstić information content (AvgIpc) is 3.17. The van der Waals surface area contributed by atoms with Crippen molar-refractivity contribution in [3.63, 3.8) is 0 Å². The monoisotopic (exact) mass is 356 g/mol. The van der Waals surface area contributed by atoms with Crippen molar-refractivity contribution in [2.75, 3.05) is 4.90 Å². The molecule has 1 saturated carbocycles. The van der Waals surface area contributed by atoms with Crippen LogP contribution in [-0.2, 0) is 0 Å². The summed E-state index contributed by atoms with van der Waals surface area (Å²) in [6, 6.07) is 6.00. The van der Waals surface area contributed by atoms with Gasteiger partial charge in [0.2, 0.25) is 0 Å². The van der Waals surface area contributed by atoms with Gasteiger partial charge in [0.05, 0.1) is 18.1 Å². The summed E-state index contributed by atoms with van der Waals surface area (Å²) >= 11 is 0. The number of hydrogen-bond acceptors (Lipinski definition) is 5. The van der Waals surface area contributed by atoms with Crippen LogP contribution in [0.15, 0.2) is 54.7 Å². The maximum Gasteiger partial charge on any atom is 0.251 e. The summed E-state index contributed by atoms with van der Waals surface area (Å²) in [7, 11) is 0. The first-order chi connectivity index (χ1) is 13.2. The Balaban J connectivity index is 1.59. The topological polar surface area (TPSA) is 75.9 Å². The lowest BCUT2D eigenvalue weighted by Crippen LogP contribution is -2.25. The molecule has 0 atom stereocenters. The molecule has 5 rings (SSSR count). The predicted molar refractivity (Wildman–Crippen MR) is 101 cm³/mol. The van der Waals surface area contributed by atoms with Gasteiger partial charge in [0.15, 0.2) is 17.0 Å². The fourth-order valence-corrected chi connectivity index (χ4v) is 3.07. The summed E-state index contributed by atoms with van der Waals surface area (Å²) < 4.78 is 1.89. The van der Waals surface area contributed by atoms with Crippen molar-refractivity contribution in [1.29, 1.82) is 0 Å². The number of amides is 1. The molecule has 1 fully saturated rings. The van der Waals surface area contributed by atoms with Crippen molar-refractivity contribution in [3.8, 4) is 5.69 Å². The number of anilines is 1. The Morgan fingerprint density at radius 1 is 1.19 bits per heavy atom.